The maximum atomic E-state index is 10.7. The second-order valence-electron chi connectivity index (χ2n) is 7.55. The largest absolute Gasteiger partial charge is 0.493 e. The molecule has 0 bridgehead atoms. The van der Waals surface area contributed by atoms with E-state index in [1.807, 2.05) is 41.1 Å². The lowest BCUT2D eigenvalue weighted by Gasteiger charge is -2.05. The zero-order valence-corrected chi connectivity index (χ0v) is 18.7. The van der Waals surface area contributed by atoms with Gasteiger partial charge in [-0.2, -0.15) is 0 Å². The van der Waals surface area contributed by atoms with E-state index in [-0.39, 0.29) is 12.3 Å². The fourth-order valence-corrected chi connectivity index (χ4v) is 4.92. The molecule has 0 fully saturated rings. The number of aliphatic imine (C=N–C) groups is 1. The summed E-state index contributed by atoms with van der Waals surface area (Å²) < 4.78 is 2.53. The predicted molar refractivity (Wildman–Crippen MR) is 126 cm³/mol. The molecule has 5 nitrogen and oxygen atoms in total. The van der Waals surface area contributed by atoms with E-state index >= 15 is 0 Å². The van der Waals surface area contributed by atoms with Crippen molar-refractivity contribution in [1.82, 2.24) is 4.57 Å². The predicted octanol–water partition coefficient (Wildman–Crippen LogP) is 6.84. The quantitative estimate of drug-likeness (QED) is 0.278. The van der Waals surface area contributed by atoms with Crippen LogP contribution in [-0.4, -0.2) is 27.0 Å². The molecular formula is C23H28N2O3S2. The maximum absolute atomic E-state index is 10.7. The second kappa shape index (κ2) is 11.2. The van der Waals surface area contributed by atoms with Gasteiger partial charge < -0.3 is 10.2 Å². The first-order valence-electron chi connectivity index (χ1n) is 10.6. The number of rotatable bonds is 12. The molecule has 30 heavy (non-hydrogen) atoms. The Morgan fingerprint density at radius 1 is 1.07 bits per heavy atom. The highest BCUT2D eigenvalue weighted by atomic mass is 32.1. The van der Waals surface area contributed by atoms with Crippen LogP contribution in [0.5, 0.6) is 5.88 Å². The summed E-state index contributed by atoms with van der Waals surface area (Å²) in [6.45, 7) is 0.730. The number of thiazole rings is 1. The fraction of sp³-hybridized carbons (Fsp3) is 0.435. The monoisotopic (exact) mass is 444 g/mol. The lowest BCUT2D eigenvalue weighted by molar-refractivity contribution is -0.137. The van der Waals surface area contributed by atoms with Crippen LogP contribution < -0.4 is 0 Å². The summed E-state index contributed by atoms with van der Waals surface area (Å²) in [5, 5.41) is 19.3. The highest BCUT2D eigenvalue weighted by Gasteiger charge is 2.15. The van der Waals surface area contributed by atoms with Gasteiger partial charge in [0.2, 0.25) is 5.88 Å². The van der Waals surface area contributed by atoms with Crippen LogP contribution in [0.1, 0.15) is 68.2 Å². The van der Waals surface area contributed by atoms with E-state index < -0.39 is 5.97 Å². The van der Waals surface area contributed by atoms with Crippen molar-refractivity contribution in [3.63, 3.8) is 0 Å². The number of carboxylic acids is 1. The third-order valence-electron chi connectivity index (χ3n) is 5.26. The minimum Gasteiger partial charge on any atom is -0.493 e. The van der Waals surface area contributed by atoms with Gasteiger partial charge in [-0.3, -0.25) is 14.4 Å². The zero-order chi connectivity index (χ0) is 21.3. The number of carbonyl (C=O) groups is 1. The maximum Gasteiger partial charge on any atom is 0.303 e. The first-order chi connectivity index (χ1) is 14.6. The number of hydrogen-bond acceptors (Lipinski definition) is 5. The molecule has 0 spiro atoms. The molecule has 7 heteroatoms. The van der Waals surface area contributed by atoms with Crippen LogP contribution in [0, 0.1) is 3.95 Å². The number of carboxylic acid groups (broad SMARTS) is 1. The van der Waals surface area contributed by atoms with Gasteiger partial charge in [0.1, 0.15) is 0 Å². The Kier molecular flexibility index (Phi) is 8.39. The van der Waals surface area contributed by atoms with Crippen molar-refractivity contribution in [3.05, 3.63) is 38.7 Å². The molecule has 2 N–H and O–H groups in total. The number of hydrogen-bond donors (Lipinski definition) is 2. The summed E-state index contributed by atoms with van der Waals surface area (Å²) in [4.78, 5) is 15.7. The molecule has 2 heterocycles. The molecule has 1 aromatic carbocycles. The summed E-state index contributed by atoms with van der Waals surface area (Å²) >= 11 is 6.91. The Morgan fingerprint density at radius 3 is 2.47 bits per heavy atom. The van der Waals surface area contributed by atoms with Gasteiger partial charge in [-0.15, -0.1) is 11.3 Å². The molecule has 0 atom stereocenters. The van der Waals surface area contributed by atoms with Crippen LogP contribution in [0.2, 0.25) is 0 Å². The number of aromatic hydroxyl groups is 1. The molecular weight excluding hydrogens is 416 g/mol. The number of aromatic nitrogens is 1. The van der Waals surface area contributed by atoms with Crippen LogP contribution >= 0.6 is 23.6 Å². The van der Waals surface area contributed by atoms with E-state index in [9.17, 15) is 9.90 Å². The minimum absolute atomic E-state index is 0.244. The number of fused-ring (bicyclic) bond motifs is 1. The average Bonchev–Trinajstić information content (AvgIpc) is 3.25. The van der Waals surface area contributed by atoms with Crippen LogP contribution in [-0.2, 0) is 11.3 Å². The van der Waals surface area contributed by atoms with Gasteiger partial charge in [0.05, 0.1) is 10.6 Å². The van der Waals surface area contributed by atoms with Crippen molar-refractivity contribution < 1.29 is 15.0 Å². The summed E-state index contributed by atoms with van der Waals surface area (Å²) in [5.41, 5.74) is 3.02. The molecule has 0 aliphatic carbocycles. The third kappa shape index (κ3) is 6.12. The normalized spacial score (nSPS) is 13.8. The van der Waals surface area contributed by atoms with E-state index in [0.29, 0.717) is 3.95 Å². The zero-order valence-electron chi connectivity index (χ0n) is 17.0. The van der Waals surface area contributed by atoms with Crippen molar-refractivity contribution in [2.75, 3.05) is 0 Å². The Bertz CT molecular complexity index is 989. The Morgan fingerprint density at radius 2 is 1.73 bits per heavy atom. The van der Waals surface area contributed by atoms with E-state index in [1.165, 1.54) is 17.8 Å². The van der Waals surface area contributed by atoms with E-state index in [0.717, 1.165) is 73.2 Å². The molecule has 2 aromatic rings. The minimum atomic E-state index is -0.703. The van der Waals surface area contributed by atoms with E-state index in [2.05, 4.69) is 4.99 Å². The first-order valence-corrected chi connectivity index (χ1v) is 11.8. The summed E-state index contributed by atoms with van der Waals surface area (Å²) in [6.07, 6.45) is 12.5. The Balaban J connectivity index is 1.43. The standard InChI is InChI=1S/C23H28N2O3S2/c26-21(27)13-7-5-3-1-2-4-6-10-14-25-22(28)20(30-23(25)29)15-17-16-24-19-12-9-8-11-18(17)19/h8-9,11-12,15-16,28H,1-7,10,13-14H2,(H,26,27). The summed E-state index contributed by atoms with van der Waals surface area (Å²) in [5.74, 6) is -0.459. The van der Waals surface area contributed by atoms with Crippen LogP contribution in [0.15, 0.2) is 29.3 Å². The highest BCUT2D eigenvalue weighted by molar-refractivity contribution is 7.73. The summed E-state index contributed by atoms with van der Waals surface area (Å²) in [7, 11) is 0. The van der Waals surface area contributed by atoms with Crippen molar-refractivity contribution in [1.29, 1.82) is 0 Å². The first kappa shape index (κ1) is 22.4. The number of benzene rings is 1. The fourth-order valence-electron chi connectivity index (χ4n) is 3.61. The molecule has 1 aromatic heterocycles. The molecule has 0 saturated heterocycles. The van der Waals surface area contributed by atoms with Gasteiger partial charge in [0.25, 0.3) is 0 Å². The van der Waals surface area contributed by atoms with Crippen molar-refractivity contribution in [3.8, 4) is 5.88 Å². The summed E-state index contributed by atoms with van der Waals surface area (Å²) in [6, 6.07) is 7.98. The van der Waals surface area contributed by atoms with Gasteiger partial charge in [-0.05, 0) is 37.2 Å². The highest BCUT2D eigenvalue weighted by Crippen LogP contribution is 2.35. The Labute approximate surface area is 186 Å². The molecule has 1 aliphatic heterocycles. The van der Waals surface area contributed by atoms with E-state index in [4.69, 9.17) is 17.3 Å². The molecule has 0 radical (unpaired) electrons. The lowest BCUT2D eigenvalue weighted by Crippen LogP contribution is -1.97. The topological polar surface area (TPSA) is 74.8 Å². The molecule has 0 amide bonds. The molecule has 0 saturated carbocycles. The van der Waals surface area contributed by atoms with Gasteiger partial charge in [-0.25, -0.2) is 0 Å². The molecule has 1 aliphatic rings. The lowest BCUT2D eigenvalue weighted by atomic mass is 10.1. The van der Waals surface area contributed by atoms with Crippen molar-refractivity contribution >= 4 is 53.1 Å². The smallest absolute Gasteiger partial charge is 0.303 e. The Hall–Kier alpha value is -2.25. The number of allylic oxidation sites excluding steroid dienone is 1. The van der Waals surface area contributed by atoms with Gasteiger partial charge in [-0.1, -0.05) is 56.7 Å². The SMILES string of the molecule is O=C(O)CCCCCCCCCCn1c(O)c(C=C2C=Nc3ccccc32)sc1=S. The van der Waals surface area contributed by atoms with Gasteiger partial charge in [0, 0.05) is 30.3 Å². The van der Waals surface area contributed by atoms with Crippen molar-refractivity contribution in [2.45, 2.75) is 64.3 Å². The van der Waals surface area contributed by atoms with E-state index in [1.54, 1.807) is 0 Å². The number of nitrogens with zero attached hydrogens (tertiary/aromatic N) is 2. The molecule has 160 valence electrons. The van der Waals surface area contributed by atoms with Crippen molar-refractivity contribution in [2.24, 2.45) is 4.99 Å². The number of para-hydroxylation sites is 1. The van der Waals surface area contributed by atoms with Crippen LogP contribution in [0.3, 0.4) is 0 Å². The molecule has 3 rings (SSSR count). The average molecular weight is 445 g/mol. The second-order valence-corrected chi connectivity index (χ2v) is 9.23. The van der Waals surface area contributed by atoms with Gasteiger partial charge in [0.15, 0.2) is 3.95 Å². The number of aliphatic carboxylic acids is 1. The van der Waals surface area contributed by atoms with Gasteiger partial charge >= 0.3 is 5.97 Å². The molecule has 0 unspecified atom stereocenters. The number of unbranched alkanes of at least 4 members (excludes halogenated alkanes) is 7. The third-order valence-corrected chi connectivity index (χ3v) is 6.65. The van der Waals surface area contributed by atoms with Crippen LogP contribution in [0.4, 0.5) is 5.69 Å². The van der Waals surface area contributed by atoms with Crippen LogP contribution in [0.25, 0.3) is 11.6 Å².